The first kappa shape index (κ1) is 15.0. The van der Waals surface area contributed by atoms with Crippen LogP contribution in [0.4, 0.5) is 0 Å². The zero-order valence-corrected chi connectivity index (χ0v) is 11.0. The molecule has 0 aliphatic heterocycles. The van der Waals surface area contributed by atoms with Crippen LogP contribution in [0.1, 0.15) is 31.7 Å². The summed E-state index contributed by atoms with van der Waals surface area (Å²) in [7, 11) is 0. The molecule has 1 unspecified atom stereocenters. The van der Waals surface area contributed by atoms with Crippen LogP contribution >= 0.6 is 0 Å². The molecule has 2 N–H and O–H groups in total. The summed E-state index contributed by atoms with van der Waals surface area (Å²) >= 11 is 0. The van der Waals surface area contributed by atoms with Crippen molar-refractivity contribution in [3.8, 4) is 5.75 Å². The third-order valence-electron chi connectivity index (χ3n) is 2.54. The predicted octanol–water partition coefficient (Wildman–Crippen LogP) is 2.36. The lowest BCUT2D eigenvalue weighted by Gasteiger charge is -2.17. The van der Waals surface area contributed by atoms with Crippen molar-refractivity contribution in [2.45, 2.75) is 26.2 Å². The number of carbonyl (C=O) groups is 2. The summed E-state index contributed by atoms with van der Waals surface area (Å²) in [6.07, 6.45) is -0.461. The predicted molar refractivity (Wildman–Crippen MR) is 69.4 cm³/mol. The first-order valence-corrected chi connectivity index (χ1v) is 6.08. The minimum Gasteiger partial charge on any atom is -0.493 e. The second-order valence-electron chi connectivity index (χ2n) is 4.73. The highest BCUT2D eigenvalue weighted by Crippen LogP contribution is 2.29. The number of para-hydroxylation sites is 1. The van der Waals surface area contributed by atoms with Gasteiger partial charge in [0.05, 0.1) is 18.9 Å². The van der Waals surface area contributed by atoms with Gasteiger partial charge in [-0.05, 0) is 12.0 Å². The highest BCUT2D eigenvalue weighted by Gasteiger charge is 2.26. The minimum absolute atomic E-state index is 0.302. The average molecular weight is 266 g/mol. The van der Waals surface area contributed by atoms with E-state index in [2.05, 4.69) is 0 Å². The van der Waals surface area contributed by atoms with Gasteiger partial charge in [0, 0.05) is 5.56 Å². The maximum absolute atomic E-state index is 11.2. The van der Waals surface area contributed by atoms with Gasteiger partial charge >= 0.3 is 11.9 Å². The van der Waals surface area contributed by atoms with Crippen molar-refractivity contribution in [3.05, 3.63) is 29.8 Å². The van der Waals surface area contributed by atoms with Gasteiger partial charge in [-0.25, -0.2) is 0 Å². The number of carboxylic acids is 2. The highest BCUT2D eigenvalue weighted by molar-refractivity contribution is 5.83. The van der Waals surface area contributed by atoms with Gasteiger partial charge in [-0.15, -0.1) is 0 Å². The number of rotatable bonds is 7. The molecule has 19 heavy (non-hydrogen) atoms. The molecule has 0 saturated carbocycles. The van der Waals surface area contributed by atoms with Gasteiger partial charge in [0.25, 0.3) is 0 Å². The van der Waals surface area contributed by atoms with Crippen LogP contribution in [0.2, 0.25) is 0 Å². The van der Waals surface area contributed by atoms with E-state index in [1.54, 1.807) is 24.3 Å². The first-order valence-electron chi connectivity index (χ1n) is 6.08. The molecule has 0 bridgehead atoms. The maximum atomic E-state index is 11.2. The maximum Gasteiger partial charge on any atom is 0.311 e. The van der Waals surface area contributed by atoms with Crippen molar-refractivity contribution < 1.29 is 24.5 Å². The second-order valence-corrected chi connectivity index (χ2v) is 4.73. The van der Waals surface area contributed by atoms with Crippen LogP contribution < -0.4 is 4.74 Å². The molecule has 0 heterocycles. The normalized spacial score (nSPS) is 12.2. The molecule has 5 heteroatoms. The molecule has 1 atom stereocenters. The molecule has 1 rings (SSSR count). The van der Waals surface area contributed by atoms with Gasteiger partial charge < -0.3 is 14.9 Å². The van der Waals surface area contributed by atoms with Crippen LogP contribution in [0, 0.1) is 5.92 Å². The summed E-state index contributed by atoms with van der Waals surface area (Å²) in [6, 6.07) is 6.67. The van der Waals surface area contributed by atoms with Crippen LogP contribution in [0.3, 0.4) is 0 Å². The van der Waals surface area contributed by atoms with E-state index in [1.165, 1.54) is 0 Å². The number of aliphatic carboxylic acids is 2. The Hall–Kier alpha value is -2.04. The van der Waals surface area contributed by atoms with Gasteiger partial charge in [-0.1, -0.05) is 32.0 Å². The Balaban J connectivity index is 3.01. The van der Waals surface area contributed by atoms with E-state index < -0.39 is 24.3 Å². The highest BCUT2D eigenvalue weighted by atomic mass is 16.5. The lowest BCUT2D eigenvalue weighted by atomic mass is 9.95. The van der Waals surface area contributed by atoms with E-state index in [0.717, 1.165) is 0 Å². The van der Waals surface area contributed by atoms with Crippen molar-refractivity contribution >= 4 is 11.9 Å². The van der Waals surface area contributed by atoms with Crippen LogP contribution in [0.15, 0.2) is 24.3 Å². The van der Waals surface area contributed by atoms with Gasteiger partial charge in [0.15, 0.2) is 0 Å². The van der Waals surface area contributed by atoms with E-state index in [4.69, 9.17) is 14.9 Å². The second kappa shape index (κ2) is 6.78. The Morgan fingerprint density at radius 3 is 2.37 bits per heavy atom. The van der Waals surface area contributed by atoms with Gasteiger partial charge in [-0.2, -0.15) is 0 Å². The summed E-state index contributed by atoms with van der Waals surface area (Å²) < 4.78 is 5.56. The fourth-order valence-electron chi connectivity index (χ4n) is 1.66. The zero-order chi connectivity index (χ0) is 14.4. The smallest absolute Gasteiger partial charge is 0.311 e. The summed E-state index contributed by atoms with van der Waals surface area (Å²) in [5, 5.41) is 18.0. The Bertz CT molecular complexity index is 453. The molecule has 1 aromatic carbocycles. The van der Waals surface area contributed by atoms with Crippen molar-refractivity contribution in [3.63, 3.8) is 0 Å². The van der Waals surface area contributed by atoms with Crippen LogP contribution in [0.25, 0.3) is 0 Å². The largest absolute Gasteiger partial charge is 0.493 e. The Morgan fingerprint density at radius 2 is 1.84 bits per heavy atom. The number of hydrogen-bond donors (Lipinski definition) is 2. The van der Waals surface area contributed by atoms with Crippen molar-refractivity contribution in [1.29, 1.82) is 0 Å². The lowest BCUT2D eigenvalue weighted by Crippen LogP contribution is -2.17. The Morgan fingerprint density at radius 1 is 1.21 bits per heavy atom. The van der Waals surface area contributed by atoms with Gasteiger partial charge in [0.1, 0.15) is 5.75 Å². The molecule has 0 aliphatic carbocycles. The van der Waals surface area contributed by atoms with Crippen molar-refractivity contribution in [2.24, 2.45) is 5.92 Å². The molecule has 1 aromatic rings. The number of ether oxygens (including phenoxy) is 1. The molecule has 5 nitrogen and oxygen atoms in total. The topological polar surface area (TPSA) is 83.8 Å². The van der Waals surface area contributed by atoms with Gasteiger partial charge in [-0.3, -0.25) is 9.59 Å². The third-order valence-corrected chi connectivity index (χ3v) is 2.54. The number of carboxylic acid groups (broad SMARTS) is 2. The quantitative estimate of drug-likeness (QED) is 0.791. The minimum atomic E-state index is -1.16. The molecule has 0 aromatic heterocycles. The number of hydrogen-bond acceptors (Lipinski definition) is 3. The summed E-state index contributed by atoms with van der Waals surface area (Å²) in [5.74, 6) is -2.67. The van der Waals surface area contributed by atoms with Gasteiger partial charge in [0.2, 0.25) is 0 Å². The Labute approximate surface area is 111 Å². The molecular formula is C14H18O5. The van der Waals surface area contributed by atoms with E-state index in [-0.39, 0.29) is 0 Å². The lowest BCUT2D eigenvalue weighted by molar-refractivity contribution is -0.145. The van der Waals surface area contributed by atoms with E-state index >= 15 is 0 Å². The molecule has 104 valence electrons. The molecule has 0 radical (unpaired) electrons. The zero-order valence-electron chi connectivity index (χ0n) is 11.0. The fourth-order valence-corrected chi connectivity index (χ4v) is 1.66. The SMILES string of the molecule is CC(C)COc1ccccc1C(CC(=O)O)C(=O)O. The molecule has 0 amide bonds. The average Bonchev–Trinajstić information content (AvgIpc) is 2.33. The van der Waals surface area contributed by atoms with E-state index in [9.17, 15) is 9.59 Å². The molecular weight excluding hydrogens is 248 g/mol. The van der Waals surface area contributed by atoms with Crippen LogP contribution in [-0.4, -0.2) is 28.8 Å². The fraction of sp³-hybridized carbons (Fsp3) is 0.429. The third kappa shape index (κ3) is 4.62. The van der Waals surface area contributed by atoms with Crippen LogP contribution in [0.5, 0.6) is 5.75 Å². The molecule has 0 fully saturated rings. The summed E-state index contributed by atoms with van der Waals surface area (Å²) in [6.45, 7) is 4.42. The standard InChI is InChI=1S/C14H18O5/c1-9(2)8-19-12-6-4-3-5-10(12)11(14(17)18)7-13(15)16/h3-6,9,11H,7-8H2,1-2H3,(H,15,16)(H,17,18). The summed E-state index contributed by atoms with van der Waals surface area (Å²) in [5.41, 5.74) is 0.401. The van der Waals surface area contributed by atoms with E-state index in [0.29, 0.717) is 23.8 Å². The molecule has 0 aliphatic rings. The molecule has 0 saturated heterocycles. The van der Waals surface area contributed by atoms with Crippen molar-refractivity contribution in [2.75, 3.05) is 6.61 Å². The van der Waals surface area contributed by atoms with Crippen molar-refractivity contribution in [1.82, 2.24) is 0 Å². The van der Waals surface area contributed by atoms with E-state index in [1.807, 2.05) is 13.8 Å². The first-order chi connectivity index (χ1) is 8.91. The number of benzene rings is 1. The molecule has 0 spiro atoms. The van der Waals surface area contributed by atoms with Crippen LogP contribution in [-0.2, 0) is 9.59 Å². The summed E-state index contributed by atoms with van der Waals surface area (Å²) in [4.78, 5) is 22.0. The monoisotopic (exact) mass is 266 g/mol. The Kier molecular flexibility index (Phi) is 5.36.